The molecule has 386 valence electrons. The molecule has 8 atom stereocenters. The minimum atomic E-state index is -5.13. The molecule has 0 aromatic carbocycles. The van der Waals surface area contributed by atoms with Gasteiger partial charge in [-0.05, 0) is 57.8 Å². The first-order valence-corrected chi connectivity index (χ1v) is 27.5. The number of aliphatic hydroxyl groups is 5. The Hall–Kier alpha value is -1.98. The second-order valence-electron chi connectivity index (χ2n) is 18.3. The van der Waals surface area contributed by atoms with Crippen molar-refractivity contribution in [3.8, 4) is 0 Å². The standard InChI is InChI=1S/C52H95NO12S/c1-3-5-7-9-11-13-15-17-19-21-23-25-26-28-30-32-34-36-38-40-45(55)44(43-63-52-49(58)50(65-66(60,61)62)48(57)47(42-54)64-52)53-51(59)46(56)41-39-37-35-33-31-29-27-24-22-20-18-16-14-12-10-8-6-4-2/h12,14,16,18,30,32,38,40,44-50,52,54-58H,3-11,13,15,17,19-29,31,33-37,39,41-43H2,1-2H3,(H,53,59)(H,60,61,62)/b14-12-,18-16-,32-30+,40-38+. The van der Waals surface area contributed by atoms with Gasteiger partial charge in [0.05, 0.1) is 25.4 Å². The van der Waals surface area contributed by atoms with E-state index in [-0.39, 0.29) is 6.42 Å². The molecule has 0 radical (unpaired) electrons. The summed E-state index contributed by atoms with van der Waals surface area (Å²) < 4.78 is 47.6. The monoisotopic (exact) mass is 958 g/mol. The summed E-state index contributed by atoms with van der Waals surface area (Å²) in [5, 5.41) is 55.4. The predicted octanol–water partition coefficient (Wildman–Crippen LogP) is 10.2. The number of hydrogen-bond donors (Lipinski definition) is 7. The highest BCUT2D eigenvalue weighted by Crippen LogP contribution is 2.26. The van der Waals surface area contributed by atoms with Crippen LogP contribution < -0.4 is 5.32 Å². The zero-order chi connectivity index (χ0) is 48.5. The maximum Gasteiger partial charge on any atom is 0.397 e. The lowest BCUT2D eigenvalue weighted by atomic mass is 9.99. The number of unbranched alkanes of at least 4 members (excludes halogenated alkanes) is 26. The zero-order valence-electron chi connectivity index (χ0n) is 41.1. The van der Waals surface area contributed by atoms with E-state index in [1.807, 2.05) is 0 Å². The number of hydrogen-bond acceptors (Lipinski definition) is 11. The highest BCUT2D eigenvalue weighted by Gasteiger charge is 2.48. The molecule has 7 N–H and O–H groups in total. The Morgan fingerprint density at radius 3 is 1.58 bits per heavy atom. The molecule has 0 bridgehead atoms. The van der Waals surface area contributed by atoms with Crippen molar-refractivity contribution in [3.05, 3.63) is 48.6 Å². The van der Waals surface area contributed by atoms with Crippen LogP contribution in [-0.2, 0) is 28.9 Å². The second kappa shape index (κ2) is 41.9. The average molecular weight is 958 g/mol. The third-order valence-electron chi connectivity index (χ3n) is 12.2. The van der Waals surface area contributed by atoms with Gasteiger partial charge in [-0.15, -0.1) is 0 Å². The van der Waals surface area contributed by atoms with Crippen LogP contribution in [0.4, 0.5) is 0 Å². The van der Waals surface area contributed by atoms with Crippen LogP contribution in [0.2, 0.25) is 0 Å². The number of rotatable bonds is 44. The van der Waals surface area contributed by atoms with Gasteiger partial charge in [0.25, 0.3) is 0 Å². The van der Waals surface area contributed by atoms with Crippen molar-refractivity contribution in [2.45, 2.75) is 262 Å². The van der Waals surface area contributed by atoms with Crippen molar-refractivity contribution in [3.63, 3.8) is 0 Å². The van der Waals surface area contributed by atoms with Crippen LogP contribution in [0, 0.1) is 0 Å². The van der Waals surface area contributed by atoms with Gasteiger partial charge in [-0.3, -0.25) is 9.35 Å². The summed E-state index contributed by atoms with van der Waals surface area (Å²) in [6, 6.07) is -1.14. The first-order chi connectivity index (χ1) is 31.9. The third kappa shape index (κ3) is 33.5. The van der Waals surface area contributed by atoms with Gasteiger partial charge >= 0.3 is 10.4 Å². The Labute approximate surface area is 400 Å². The largest absolute Gasteiger partial charge is 0.397 e. The van der Waals surface area contributed by atoms with E-state index < -0.39 is 78.5 Å². The second-order valence-corrected chi connectivity index (χ2v) is 19.3. The van der Waals surface area contributed by atoms with E-state index in [0.717, 1.165) is 57.8 Å². The Balaban J connectivity index is 2.54. The van der Waals surface area contributed by atoms with Crippen molar-refractivity contribution in [2.75, 3.05) is 13.2 Å². The van der Waals surface area contributed by atoms with E-state index in [4.69, 9.17) is 9.47 Å². The van der Waals surface area contributed by atoms with Gasteiger partial charge in [0.1, 0.15) is 30.5 Å². The van der Waals surface area contributed by atoms with Crippen LogP contribution in [0.25, 0.3) is 0 Å². The Bertz CT molecular complexity index is 1370. The van der Waals surface area contributed by atoms with E-state index in [2.05, 4.69) is 59.8 Å². The molecule has 1 fully saturated rings. The maximum atomic E-state index is 13.2. The summed E-state index contributed by atoms with van der Waals surface area (Å²) in [6.07, 6.45) is 40.4. The predicted molar refractivity (Wildman–Crippen MR) is 265 cm³/mol. The molecule has 0 aromatic heterocycles. The van der Waals surface area contributed by atoms with Gasteiger partial charge in [0.2, 0.25) is 5.91 Å². The van der Waals surface area contributed by atoms with Gasteiger partial charge < -0.3 is 40.3 Å². The molecule has 0 spiro atoms. The van der Waals surface area contributed by atoms with E-state index in [1.165, 1.54) is 128 Å². The molecule has 1 saturated heterocycles. The molecule has 8 unspecified atom stereocenters. The van der Waals surface area contributed by atoms with Crippen LogP contribution in [0.1, 0.15) is 213 Å². The molecule has 1 aliphatic heterocycles. The number of carbonyl (C=O) groups excluding carboxylic acids is 1. The van der Waals surface area contributed by atoms with Crippen LogP contribution >= 0.6 is 0 Å². The highest BCUT2D eigenvalue weighted by atomic mass is 32.3. The SMILES string of the molecule is CCCCC/C=C\C=C/CCCCCCCCCCCC(O)C(=O)NC(COC1OC(CO)C(O)C(OS(=O)(=O)O)C1O)C(O)/C=C/CC/C=C/CCCCCCCCCCCCCCC. The van der Waals surface area contributed by atoms with Crippen LogP contribution in [-0.4, -0.2) is 107 Å². The van der Waals surface area contributed by atoms with E-state index in [0.29, 0.717) is 12.8 Å². The lowest BCUT2D eigenvalue weighted by molar-refractivity contribution is -0.298. The molecular weight excluding hydrogens is 863 g/mol. The van der Waals surface area contributed by atoms with E-state index in [1.54, 1.807) is 6.08 Å². The fourth-order valence-electron chi connectivity index (χ4n) is 8.06. The van der Waals surface area contributed by atoms with Gasteiger partial charge in [0, 0.05) is 0 Å². The number of ether oxygens (including phenoxy) is 2. The smallest absolute Gasteiger partial charge is 0.394 e. The summed E-state index contributed by atoms with van der Waals surface area (Å²) in [5.74, 6) is -0.716. The third-order valence-corrected chi connectivity index (χ3v) is 12.7. The Morgan fingerprint density at radius 1 is 0.621 bits per heavy atom. The fourth-order valence-corrected chi connectivity index (χ4v) is 8.56. The maximum absolute atomic E-state index is 13.2. The summed E-state index contributed by atoms with van der Waals surface area (Å²) in [5.41, 5.74) is 0. The van der Waals surface area contributed by atoms with Crippen LogP contribution in [0.5, 0.6) is 0 Å². The lowest BCUT2D eigenvalue weighted by Crippen LogP contribution is -2.61. The van der Waals surface area contributed by atoms with Gasteiger partial charge in [-0.1, -0.05) is 204 Å². The lowest BCUT2D eigenvalue weighted by Gasteiger charge is -2.41. The van der Waals surface area contributed by atoms with Crippen LogP contribution in [0.3, 0.4) is 0 Å². The summed E-state index contributed by atoms with van der Waals surface area (Å²) in [4.78, 5) is 13.2. The molecule has 1 amide bonds. The molecule has 1 rings (SSSR count). The molecule has 14 heteroatoms. The quantitative estimate of drug-likeness (QED) is 0.0132. The summed E-state index contributed by atoms with van der Waals surface area (Å²) in [6.45, 7) is 3.19. The summed E-state index contributed by atoms with van der Waals surface area (Å²) in [7, 11) is -5.13. The average Bonchev–Trinajstić information content (AvgIpc) is 3.29. The molecule has 1 aliphatic rings. The van der Waals surface area contributed by atoms with Gasteiger partial charge in [0.15, 0.2) is 6.29 Å². The normalized spacial score (nSPS) is 20.9. The number of nitrogens with one attached hydrogen (secondary N) is 1. The van der Waals surface area contributed by atoms with Crippen molar-refractivity contribution >= 4 is 16.3 Å². The molecule has 66 heavy (non-hydrogen) atoms. The van der Waals surface area contributed by atoms with E-state index >= 15 is 0 Å². The first kappa shape index (κ1) is 62.0. The van der Waals surface area contributed by atoms with Gasteiger partial charge in [-0.2, -0.15) is 8.42 Å². The highest BCUT2D eigenvalue weighted by molar-refractivity contribution is 7.80. The van der Waals surface area contributed by atoms with Crippen LogP contribution in [0.15, 0.2) is 48.6 Å². The molecule has 0 aliphatic carbocycles. The molecule has 1 heterocycles. The fraction of sp³-hybridized carbons (Fsp3) is 0.827. The molecule has 13 nitrogen and oxygen atoms in total. The number of allylic oxidation sites excluding steroid dienone is 7. The van der Waals surface area contributed by atoms with Crippen molar-refractivity contribution in [1.82, 2.24) is 5.32 Å². The van der Waals surface area contributed by atoms with Crippen molar-refractivity contribution in [1.29, 1.82) is 0 Å². The number of carbonyl (C=O) groups is 1. The van der Waals surface area contributed by atoms with Crippen molar-refractivity contribution in [2.24, 2.45) is 0 Å². The summed E-state index contributed by atoms with van der Waals surface area (Å²) >= 11 is 0. The minimum Gasteiger partial charge on any atom is -0.394 e. The van der Waals surface area contributed by atoms with Gasteiger partial charge in [-0.25, -0.2) is 4.18 Å². The topological polar surface area (TPSA) is 212 Å². The van der Waals surface area contributed by atoms with Crippen molar-refractivity contribution < 1.29 is 57.0 Å². The Kier molecular flexibility index (Phi) is 39.4. The van der Waals surface area contributed by atoms with E-state index in [9.17, 15) is 43.3 Å². The minimum absolute atomic E-state index is 0.230. The molecule has 0 aromatic rings. The molecular formula is C52H95NO12S. The number of amides is 1. The Morgan fingerprint density at radius 2 is 1.06 bits per heavy atom. The zero-order valence-corrected chi connectivity index (χ0v) is 41.9. The number of aliphatic hydroxyl groups excluding tert-OH is 5. The molecule has 0 saturated carbocycles. The first-order valence-electron chi connectivity index (χ1n) is 26.1.